The molecular formula is C18H21N5O4S. The Morgan fingerprint density at radius 1 is 1.04 bits per heavy atom. The molecule has 3 heterocycles. The summed E-state index contributed by atoms with van der Waals surface area (Å²) >= 11 is 0. The molecule has 0 atom stereocenters. The van der Waals surface area contributed by atoms with Gasteiger partial charge >= 0.3 is 10.2 Å². The van der Waals surface area contributed by atoms with E-state index in [1.807, 2.05) is 18.2 Å². The standard InChI is InChI=1S/C18H21N5O4S/c1-20-17(24)8-7-14(19-20)18(25)22-11-9-13(10-12-22)23-16-6-4-3-5-15(16)21(2)28(23,26)27/h3-8,13H,9-12H2,1-2H3. The van der Waals surface area contributed by atoms with Crippen LogP contribution in [0.3, 0.4) is 0 Å². The highest BCUT2D eigenvalue weighted by molar-refractivity contribution is 7.94. The lowest BCUT2D eigenvalue weighted by Crippen LogP contribution is -2.49. The summed E-state index contributed by atoms with van der Waals surface area (Å²) in [5.74, 6) is -0.254. The molecule has 1 saturated heterocycles. The molecule has 148 valence electrons. The van der Waals surface area contributed by atoms with E-state index in [4.69, 9.17) is 0 Å². The van der Waals surface area contributed by atoms with Gasteiger partial charge in [-0.3, -0.25) is 13.9 Å². The molecule has 1 fully saturated rings. The van der Waals surface area contributed by atoms with Crippen molar-refractivity contribution in [2.24, 2.45) is 7.05 Å². The summed E-state index contributed by atoms with van der Waals surface area (Å²) in [5, 5.41) is 4.01. The van der Waals surface area contributed by atoms with E-state index in [9.17, 15) is 18.0 Å². The van der Waals surface area contributed by atoms with Crippen LogP contribution in [0.1, 0.15) is 23.3 Å². The highest BCUT2D eigenvalue weighted by Crippen LogP contribution is 2.42. The average molecular weight is 403 g/mol. The maximum Gasteiger partial charge on any atom is 0.326 e. The molecule has 0 bridgehead atoms. The monoisotopic (exact) mass is 403 g/mol. The summed E-state index contributed by atoms with van der Waals surface area (Å²) in [6, 6.07) is 9.76. The molecule has 10 heteroatoms. The molecule has 0 unspecified atom stereocenters. The summed E-state index contributed by atoms with van der Waals surface area (Å²) in [6.45, 7) is 0.845. The Kier molecular flexibility index (Phi) is 4.37. The number of aryl methyl sites for hydroxylation is 1. The van der Waals surface area contributed by atoms with Gasteiger partial charge in [0, 0.05) is 33.3 Å². The zero-order chi connectivity index (χ0) is 20.1. The van der Waals surface area contributed by atoms with Gasteiger partial charge < -0.3 is 4.90 Å². The Morgan fingerprint density at radius 3 is 2.32 bits per heavy atom. The highest BCUT2D eigenvalue weighted by atomic mass is 32.2. The van der Waals surface area contributed by atoms with Gasteiger partial charge in [-0.15, -0.1) is 0 Å². The number of aromatic nitrogens is 2. The number of anilines is 2. The Balaban J connectivity index is 1.52. The summed E-state index contributed by atoms with van der Waals surface area (Å²) in [7, 11) is -0.561. The number of nitrogens with zero attached hydrogens (tertiary/aromatic N) is 5. The Labute approximate surface area is 163 Å². The first-order chi connectivity index (χ1) is 13.3. The fourth-order valence-corrected chi connectivity index (χ4v) is 5.42. The fourth-order valence-electron chi connectivity index (χ4n) is 3.76. The van der Waals surface area contributed by atoms with Crippen LogP contribution in [0.2, 0.25) is 0 Å². The third kappa shape index (κ3) is 2.84. The van der Waals surface area contributed by atoms with Crippen LogP contribution >= 0.6 is 0 Å². The number of carbonyl (C=O) groups is 1. The van der Waals surface area contributed by atoms with Gasteiger partial charge in [0.1, 0.15) is 5.69 Å². The first-order valence-corrected chi connectivity index (χ1v) is 10.4. The molecular weight excluding hydrogens is 382 g/mol. The van der Waals surface area contributed by atoms with Crippen molar-refractivity contribution in [1.82, 2.24) is 14.7 Å². The number of para-hydroxylation sites is 2. The first-order valence-electron chi connectivity index (χ1n) is 9.01. The van der Waals surface area contributed by atoms with E-state index >= 15 is 0 Å². The van der Waals surface area contributed by atoms with Gasteiger partial charge in [-0.2, -0.15) is 13.5 Å². The number of amides is 1. The number of hydrogen-bond acceptors (Lipinski definition) is 5. The molecule has 0 N–H and O–H groups in total. The molecule has 2 aliphatic heterocycles. The predicted octanol–water partition coefficient (Wildman–Crippen LogP) is 0.586. The first kappa shape index (κ1) is 18.5. The lowest BCUT2D eigenvalue weighted by Gasteiger charge is -2.36. The molecule has 0 aliphatic carbocycles. The van der Waals surface area contributed by atoms with Crippen LogP contribution in [-0.2, 0) is 17.3 Å². The molecule has 0 spiro atoms. The maximum atomic E-state index is 12.9. The fraction of sp³-hybridized carbons (Fsp3) is 0.389. The number of fused-ring (bicyclic) bond motifs is 1. The second-order valence-electron chi connectivity index (χ2n) is 6.96. The van der Waals surface area contributed by atoms with E-state index in [1.165, 1.54) is 27.8 Å². The second-order valence-corrected chi connectivity index (χ2v) is 8.80. The topological polar surface area (TPSA) is 95.8 Å². The molecule has 0 radical (unpaired) electrons. The van der Waals surface area contributed by atoms with Crippen molar-refractivity contribution in [3.05, 3.63) is 52.4 Å². The van der Waals surface area contributed by atoms with E-state index in [0.29, 0.717) is 37.3 Å². The van der Waals surface area contributed by atoms with Crippen molar-refractivity contribution < 1.29 is 13.2 Å². The van der Waals surface area contributed by atoms with Crippen LogP contribution in [-0.4, -0.2) is 55.2 Å². The van der Waals surface area contributed by atoms with Gasteiger partial charge in [0.2, 0.25) is 0 Å². The van der Waals surface area contributed by atoms with Crippen molar-refractivity contribution in [3.8, 4) is 0 Å². The minimum absolute atomic E-state index is 0.208. The average Bonchev–Trinajstić information content (AvgIpc) is 2.90. The number of piperidine rings is 1. The number of benzene rings is 1. The van der Waals surface area contributed by atoms with Crippen LogP contribution in [0.4, 0.5) is 11.4 Å². The summed E-state index contributed by atoms with van der Waals surface area (Å²) in [4.78, 5) is 25.8. The Hall–Kier alpha value is -2.88. The molecule has 0 saturated carbocycles. The van der Waals surface area contributed by atoms with Crippen molar-refractivity contribution in [1.29, 1.82) is 0 Å². The van der Waals surface area contributed by atoms with Crippen LogP contribution in [0.5, 0.6) is 0 Å². The SMILES string of the molecule is CN1c2ccccc2N(C2CCN(C(=O)c3ccc(=O)n(C)n3)CC2)S1(=O)=O. The van der Waals surface area contributed by atoms with Crippen LogP contribution in [0.25, 0.3) is 0 Å². The summed E-state index contributed by atoms with van der Waals surface area (Å²) in [6.07, 6.45) is 1.05. The van der Waals surface area contributed by atoms with Crippen molar-refractivity contribution in [3.63, 3.8) is 0 Å². The zero-order valence-corrected chi connectivity index (χ0v) is 16.5. The number of rotatable bonds is 2. The molecule has 1 aromatic carbocycles. The third-order valence-corrected chi connectivity index (χ3v) is 7.20. The number of likely N-dealkylation sites (tertiary alicyclic amines) is 1. The van der Waals surface area contributed by atoms with Gasteiger partial charge in [0.15, 0.2) is 0 Å². The van der Waals surface area contributed by atoms with E-state index in [0.717, 1.165) is 4.68 Å². The molecule has 28 heavy (non-hydrogen) atoms. The quantitative estimate of drug-likeness (QED) is 0.731. The number of hydrogen-bond donors (Lipinski definition) is 0. The van der Waals surface area contributed by atoms with Crippen LogP contribution in [0, 0.1) is 0 Å². The van der Waals surface area contributed by atoms with Crippen molar-refractivity contribution >= 4 is 27.5 Å². The molecule has 9 nitrogen and oxygen atoms in total. The molecule has 1 amide bonds. The van der Waals surface area contributed by atoms with E-state index < -0.39 is 10.2 Å². The highest BCUT2D eigenvalue weighted by Gasteiger charge is 2.43. The van der Waals surface area contributed by atoms with Gasteiger partial charge in [-0.25, -0.2) is 8.99 Å². The van der Waals surface area contributed by atoms with Crippen molar-refractivity contribution in [2.75, 3.05) is 28.7 Å². The van der Waals surface area contributed by atoms with Crippen LogP contribution in [0.15, 0.2) is 41.2 Å². The second kappa shape index (κ2) is 6.62. The van der Waals surface area contributed by atoms with Crippen LogP contribution < -0.4 is 14.2 Å². The van der Waals surface area contributed by atoms with Gasteiger partial charge in [-0.05, 0) is 31.0 Å². The van der Waals surface area contributed by atoms with Crippen molar-refractivity contribution in [2.45, 2.75) is 18.9 Å². The van der Waals surface area contributed by atoms with E-state index in [1.54, 1.807) is 18.0 Å². The molecule has 4 rings (SSSR count). The minimum Gasteiger partial charge on any atom is -0.337 e. The smallest absolute Gasteiger partial charge is 0.326 e. The largest absolute Gasteiger partial charge is 0.337 e. The lowest BCUT2D eigenvalue weighted by molar-refractivity contribution is 0.0707. The lowest BCUT2D eigenvalue weighted by atomic mass is 10.0. The van der Waals surface area contributed by atoms with Gasteiger partial charge in [0.05, 0.1) is 17.4 Å². The predicted molar refractivity (Wildman–Crippen MR) is 105 cm³/mol. The van der Waals surface area contributed by atoms with Gasteiger partial charge in [0.25, 0.3) is 11.5 Å². The zero-order valence-electron chi connectivity index (χ0n) is 15.6. The van der Waals surface area contributed by atoms with E-state index in [-0.39, 0.29) is 23.2 Å². The third-order valence-electron chi connectivity index (χ3n) is 5.32. The molecule has 2 aliphatic rings. The maximum absolute atomic E-state index is 12.9. The minimum atomic E-state index is -3.61. The van der Waals surface area contributed by atoms with E-state index in [2.05, 4.69) is 5.10 Å². The Bertz CT molecular complexity index is 1090. The molecule has 1 aromatic heterocycles. The van der Waals surface area contributed by atoms with Gasteiger partial charge in [-0.1, -0.05) is 12.1 Å². The normalized spacial score (nSPS) is 19.0. The summed E-state index contributed by atoms with van der Waals surface area (Å²) in [5.41, 5.74) is 1.27. The summed E-state index contributed by atoms with van der Waals surface area (Å²) < 4.78 is 29.7. The Morgan fingerprint density at radius 2 is 1.68 bits per heavy atom. The molecule has 2 aromatic rings. The number of carbonyl (C=O) groups excluding carboxylic acids is 1.